The second-order valence-corrected chi connectivity index (χ2v) is 7.58. The molecule has 0 aliphatic carbocycles. The van der Waals surface area contributed by atoms with Gasteiger partial charge >= 0.3 is 68.9 Å². The fraction of sp³-hybridized carbons (Fsp3) is 0.500. The maximum atomic E-state index is 6.06. The zero-order valence-electron chi connectivity index (χ0n) is 19.6. The van der Waals surface area contributed by atoms with E-state index < -0.39 is 0 Å². The SMILES string of the molecule is [B-].[Cs+].c1ccc2c(c1)OCCN1CCOCCN(CCO2)CCOc2ccccc2OCC1. The van der Waals surface area contributed by atoms with Crippen LogP contribution in [-0.2, 0) is 4.74 Å². The molecule has 0 N–H and O–H groups in total. The predicted octanol–water partition coefficient (Wildman–Crippen LogP) is -0.827. The molecule has 0 saturated heterocycles. The van der Waals surface area contributed by atoms with E-state index in [1.807, 2.05) is 48.5 Å². The standard InChI is InChI=1S/C24H32N2O5.B.Cs/c1-2-6-22-21(5-1)28-17-11-25-9-15-27-16-10-26(12-18-29-22)14-20-31-24-8-4-3-7-23(24)30-19-13-25;;/h1-8H,9-20H2;;/q;-1;+1. The van der Waals surface area contributed by atoms with Crippen LogP contribution < -0.4 is 87.8 Å². The number of hydrogen-bond acceptors (Lipinski definition) is 7. The van der Waals surface area contributed by atoms with Crippen molar-refractivity contribution in [3.63, 3.8) is 0 Å². The van der Waals surface area contributed by atoms with Crippen molar-refractivity contribution in [2.45, 2.75) is 0 Å². The summed E-state index contributed by atoms with van der Waals surface area (Å²) in [6.45, 7) is 8.48. The van der Waals surface area contributed by atoms with Crippen LogP contribution in [0.1, 0.15) is 0 Å². The first-order valence-corrected chi connectivity index (χ1v) is 11.1. The second kappa shape index (κ2) is 16.3. The quantitative estimate of drug-likeness (QED) is 0.302. The molecule has 0 unspecified atom stereocenters. The summed E-state index contributed by atoms with van der Waals surface area (Å²) in [5.74, 6) is 3.15. The van der Waals surface area contributed by atoms with Gasteiger partial charge in [-0.2, -0.15) is 0 Å². The summed E-state index contributed by atoms with van der Waals surface area (Å²) in [5.41, 5.74) is 0. The summed E-state index contributed by atoms with van der Waals surface area (Å²) in [6, 6.07) is 15.8. The molecule has 0 atom stereocenters. The monoisotopic (exact) mass is 572 g/mol. The van der Waals surface area contributed by atoms with Crippen LogP contribution in [0.15, 0.2) is 48.5 Å². The van der Waals surface area contributed by atoms with Gasteiger partial charge in [0.2, 0.25) is 0 Å². The molecular formula is C24H32BCsN2O5. The van der Waals surface area contributed by atoms with E-state index in [-0.39, 0.29) is 77.3 Å². The Morgan fingerprint density at radius 1 is 0.455 bits per heavy atom. The van der Waals surface area contributed by atoms with E-state index in [0.717, 1.165) is 62.3 Å². The van der Waals surface area contributed by atoms with Crippen molar-refractivity contribution in [1.82, 2.24) is 9.80 Å². The molecule has 7 nitrogen and oxygen atoms in total. The summed E-state index contributed by atoms with van der Waals surface area (Å²) in [5, 5.41) is 0. The average Bonchev–Trinajstić information content (AvgIpc) is 2.80. The maximum Gasteiger partial charge on any atom is 1.00 e. The van der Waals surface area contributed by atoms with Gasteiger partial charge in [-0.25, -0.2) is 0 Å². The summed E-state index contributed by atoms with van der Waals surface area (Å²) < 4.78 is 30.2. The molecule has 2 bridgehead atoms. The number of fused-ring (bicyclic) bond motifs is 8. The molecule has 2 heterocycles. The normalized spacial score (nSPS) is 22.1. The maximum absolute atomic E-state index is 6.06. The second-order valence-electron chi connectivity index (χ2n) is 7.58. The zero-order chi connectivity index (χ0) is 21.1. The van der Waals surface area contributed by atoms with Crippen LogP contribution in [0.25, 0.3) is 0 Å². The van der Waals surface area contributed by atoms with Gasteiger partial charge in [0, 0.05) is 39.3 Å². The first kappa shape index (κ1) is 28.9. The average molecular weight is 572 g/mol. The van der Waals surface area contributed by atoms with Crippen molar-refractivity contribution in [2.75, 3.05) is 78.9 Å². The van der Waals surface area contributed by atoms with Crippen LogP contribution in [0.3, 0.4) is 0 Å². The van der Waals surface area contributed by atoms with Gasteiger partial charge in [0.05, 0.1) is 13.2 Å². The third kappa shape index (κ3) is 9.66. The topological polar surface area (TPSA) is 52.6 Å². The summed E-state index contributed by atoms with van der Waals surface area (Å²) in [4.78, 5) is 4.62. The minimum Gasteiger partial charge on any atom is -1.00 e. The minimum absolute atomic E-state index is 0. The van der Waals surface area contributed by atoms with Crippen LogP contribution in [0, 0.1) is 0 Å². The van der Waals surface area contributed by atoms with Crippen molar-refractivity contribution >= 4 is 8.41 Å². The van der Waals surface area contributed by atoms with E-state index in [1.165, 1.54) is 0 Å². The number of nitrogens with zero attached hydrogens (tertiary/aromatic N) is 2. The molecular weight excluding hydrogens is 540 g/mol. The molecule has 4 radical (unpaired) electrons. The Morgan fingerprint density at radius 2 is 0.727 bits per heavy atom. The number of hydrogen-bond donors (Lipinski definition) is 0. The van der Waals surface area contributed by atoms with Crippen molar-refractivity contribution in [3.05, 3.63) is 48.5 Å². The van der Waals surface area contributed by atoms with Crippen LogP contribution in [0.5, 0.6) is 23.0 Å². The summed E-state index contributed by atoms with van der Waals surface area (Å²) >= 11 is 0. The number of ether oxygens (including phenoxy) is 5. The smallest absolute Gasteiger partial charge is 1.00 e. The molecule has 0 fully saturated rings. The zero-order valence-corrected chi connectivity index (χ0v) is 25.9. The van der Waals surface area contributed by atoms with Gasteiger partial charge in [0.1, 0.15) is 26.4 Å². The van der Waals surface area contributed by atoms with Crippen molar-refractivity contribution in [2.24, 2.45) is 0 Å². The Morgan fingerprint density at radius 3 is 1.03 bits per heavy atom. The predicted molar refractivity (Wildman–Crippen MR) is 124 cm³/mol. The molecule has 0 spiro atoms. The van der Waals surface area contributed by atoms with Crippen LogP contribution in [0.2, 0.25) is 0 Å². The largest absolute Gasteiger partial charge is 1.00 e. The van der Waals surface area contributed by atoms with Crippen LogP contribution in [0.4, 0.5) is 0 Å². The van der Waals surface area contributed by atoms with Crippen molar-refractivity contribution < 1.29 is 92.6 Å². The Balaban J connectivity index is 0.00000193. The number of para-hydroxylation sites is 4. The van der Waals surface area contributed by atoms with Gasteiger partial charge in [-0.3, -0.25) is 9.80 Å². The van der Waals surface area contributed by atoms with E-state index in [1.54, 1.807) is 0 Å². The molecule has 2 aromatic carbocycles. The molecule has 2 aliphatic rings. The van der Waals surface area contributed by atoms with Gasteiger partial charge in [0.15, 0.2) is 23.0 Å². The fourth-order valence-electron chi connectivity index (χ4n) is 3.68. The van der Waals surface area contributed by atoms with Gasteiger partial charge in [-0.15, -0.1) is 0 Å². The summed E-state index contributed by atoms with van der Waals surface area (Å²) in [7, 11) is 0. The Bertz CT molecular complexity index is 692. The Kier molecular flexibility index (Phi) is 14.3. The molecule has 4 rings (SSSR count). The molecule has 9 heteroatoms. The van der Waals surface area contributed by atoms with Crippen LogP contribution >= 0.6 is 0 Å². The number of benzene rings is 2. The van der Waals surface area contributed by atoms with Crippen molar-refractivity contribution in [1.29, 1.82) is 0 Å². The third-order valence-corrected chi connectivity index (χ3v) is 5.46. The minimum atomic E-state index is 0. The molecule has 2 aromatic rings. The van der Waals surface area contributed by atoms with E-state index in [4.69, 9.17) is 23.7 Å². The molecule has 172 valence electrons. The van der Waals surface area contributed by atoms with E-state index in [9.17, 15) is 0 Å². The van der Waals surface area contributed by atoms with Crippen LogP contribution in [-0.4, -0.2) is 97.1 Å². The van der Waals surface area contributed by atoms with E-state index in [2.05, 4.69) is 9.80 Å². The molecule has 2 aliphatic heterocycles. The summed E-state index contributed by atoms with van der Waals surface area (Å²) in [6.07, 6.45) is 0. The molecule has 33 heavy (non-hydrogen) atoms. The van der Waals surface area contributed by atoms with E-state index in [0.29, 0.717) is 39.6 Å². The van der Waals surface area contributed by atoms with Gasteiger partial charge in [-0.1, -0.05) is 24.3 Å². The van der Waals surface area contributed by atoms with Crippen molar-refractivity contribution in [3.8, 4) is 23.0 Å². The molecule has 0 saturated carbocycles. The Hall–Kier alpha value is -0.363. The van der Waals surface area contributed by atoms with Gasteiger partial charge in [-0.05, 0) is 24.3 Å². The van der Waals surface area contributed by atoms with Gasteiger partial charge < -0.3 is 32.1 Å². The van der Waals surface area contributed by atoms with Gasteiger partial charge in [0.25, 0.3) is 0 Å². The molecule has 0 amide bonds. The fourth-order valence-corrected chi connectivity index (χ4v) is 3.68. The number of rotatable bonds is 0. The van der Waals surface area contributed by atoms with E-state index >= 15 is 0 Å². The first-order valence-electron chi connectivity index (χ1n) is 11.1. The Labute approximate surface area is 258 Å². The third-order valence-electron chi connectivity index (χ3n) is 5.46. The molecule has 0 aromatic heterocycles. The first-order chi connectivity index (χ1) is 15.4.